The normalized spacial score (nSPS) is 11.8. The van der Waals surface area contributed by atoms with Crippen LogP contribution in [0.1, 0.15) is 17.6 Å². The number of para-hydroxylation sites is 1. The van der Waals surface area contributed by atoms with Crippen LogP contribution in [0, 0.1) is 13.8 Å². The monoisotopic (exact) mass is 398 g/mol. The van der Waals surface area contributed by atoms with Gasteiger partial charge in [-0.2, -0.15) is 5.10 Å². The molecule has 1 atom stereocenters. The van der Waals surface area contributed by atoms with Crippen molar-refractivity contribution in [3.8, 4) is 16.3 Å². The summed E-state index contributed by atoms with van der Waals surface area (Å²) in [4.78, 5) is 29.6. The van der Waals surface area contributed by atoms with Crippen molar-refractivity contribution in [2.75, 3.05) is 6.54 Å². The van der Waals surface area contributed by atoms with Crippen molar-refractivity contribution in [3.05, 3.63) is 63.5 Å². The van der Waals surface area contributed by atoms with E-state index in [-0.39, 0.29) is 24.6 Å². The lowest BCUT2D eigenvalue weighted by atomic mass is 10.3. The van der Waals surface area contributed by atoms with Crippen molar-refractivity contribution in [1.82, 2.24) is 20.1 Å². The summed E-state index contributed by atoms with van der Waals surface area (Å²) < 4.78 is 6.95. The van der Waals surface area contributed by atoms with Crippen molar-refractivity contribution in [3.63, 3.8) is 0 Å². The zero-order valence-electron chi connectivity index (χ0n) is 16.0. The first-order valence-corrected chi connectivity index (χ1v) is 9.77. The average molecular weight is 398 g/mol. The fraction of sp³-hybridized carbons (Fsp3) is 0.300. The molecule has 1 amide bonds. The van der Waals surface area contributed by atoms with Crippen LogP contribution in [0.25, 0.3) is 10.6 Å². The second kappa shape index (κ2) is 8.79. The van der Waals surface area contributed by atoms with E-state index in [4.69, 9.17) is 4.74 Å². The Kier molecular flexibility index (Phi) is 6.20. The number of aryl methyl sites for hydroxylation is 2. The number of hydrogen-bond donors (Lipinski definition) is 1. The molecule has 0 aliphatic rings. The molecule has 1 N–H and O–H groups in total. The predicted molar refractivity (Wildman–Crippen MR) is 109 cm³/mol. The molecule has 0 bridgehead atoms. The maximum absolute atomic E-state index is 12.2. The van der Waals surface area contributed by atoms with E-state index in [0.717, 1.165) is 15.6 Å². The first-order valence-electron chi connectivity index (χ1n) is 8.96. The predicted octanol–water partition coefficient (Wildman–Crippen LogP) is 2.57. The number of benzene rings is 1. The number of aromatic nitrogens is 3. The molecule has 0 saturated carbocycles. The molecule has 0 radical (unpaired) electrons. The van der Waals surface area contributed by atoms with Gasteiger partial charge in [-0.3, -0.25) is 9.59 Å². The highest BCUT2D eigenvalue weighted by Gasteiger charge is 2.15. The molecule has 1 aromatic carbocycles. The van der Waals surface area contributed by atoms with Crippen LogP contribution in [0.15, 0.2) is 47.3 Å². The van der Waals surface area contributed by atoms with Crippen LogP contribution in [-0.2, 0) is 11.3 Å². The van der Waals surface area contributed by atoms with Crippen LogP contribution < -0.4 is 15.6 Å². The Hall–Kier alpha value is -3.00. The summed E-state index contributed by atoms with van der Waals surface area (Å²) in [5.74, 6) is 0.382. The molecule has 8 heteroatoms. The SMILES string of the molecule is Cc1nc(C)c(-c2ccc(=O)n(CCNC(=O)C(C)Oc3ccccc3)n2)s1. The second-order valence-corrected chi connectivity index (χ2v) is 7.49. The van der Waals surface area contributed by atoms with Crippen LogP contribution in [0.4, 0.5) is 0 Å². The standard InChI is InChI=1S/C20H22N4O3S/c1-13-19(28-15(3)22-13)17-9-10-18(25)24(23-17)12-11-21-20(26)14(2)27-16-7-5-4-6-8-16/h4-10,14H,11-12H2,1-3H3,(H,21,26). The number of thiazole rings is 1. The van der Waals surface area contributed by atoms with Gasteiger partial charge >= 0.3 is 0 Å². The number of nitrogens with one attached hydrogen (secondary N) is 1. The number of carbonyl (C=O) groups excluding carboxylic acids is 1. The van der Waals surface area contributed by atoms with E-state index < -0.39 is 6.10 Å². The fourth-order valence-corrected chi connectivity index (χ4v) is 3.57. The van der Waals surface area contributed by atoms with E-state index in [9.17, 15) is 9.59 Å². The van der Waals surface area contributed by atoms with Gasteiger partial charge in [0.25, 0.3) is 11.5 Å². The first-order chi connectivity index (χ1) is 13.4. The van der Waals surface area contributed by atoms with Crippen LogP contribution in [0.5, 0.6) is 5.75 Å². The van der Waals surface area contributed by atoms with E-state index >= 15 is 0 Å². The number of amides is 1. The maximum Gasteiger partial charge on any atom is 0.266 e. The van der Waals surface area contributed by atoms with Crippen LogP contribution >= 0.6 is 11.3 Å². The van der Waals surface area contributed by atoms with Crippen molar-refractivity contribution in [1.29, 1.82) is 0 Å². The third-order valence-electron chi connectivity index (χ3n) is 4.05. The number of carbonyl (C=O) groups is 1. The van der Waals surface area contributed by atoms with Crippen LogP contribution in [-0.4, -0.2) is 33.3 Å². The number of rotatable bonds is 7. The Bertz CT molecular complexity index is 1010. The minimum absolute atomic E-state index is 0.217. The molecule has 3 rings (SSSR count). The highest BCUT2D eigenvalue weighted by Crippen LogP contribution is 2.27. The summed E-state index contributed by atoms with van der Waals surface area (Å²) >= 11 is 1.54. The summed E-state index contributed by atoms with van der Waals surface area (Å²) in [6.45, 7) is 6.09. The minimum atomic E-state index is -0.638. The molecule has 0 fully saturated rings. The smallest absolute Gasteiger partial charge is 0.266 e. The summed E-state index contributed by atoms with van der Waals surface area (Å²) in [6, 6.07) is 12.3. The van der Waals surface area contributed by atoms with Gasteiger partial charge in [0.15, 0.2) is 6.10 Å². The lowest BCUT2D eigenvalue weighted by molar-refractivity contribution is -0.127. The fourth-order valence-electron chi connectivity index (χ4n) is 2.68. The molecule has 2 aromatic heterocycles. The third-order valence-corrected chi connectivity index (χ3v) is 5.15. The Morgan fingerprint density at radius 2 is 1.96 bits per heavy atom. The number of nitrogens with zero attached hydrogens (tertiary/aromatic N) is 3. The highest BCUT2D eigenvalue weighted by molar-refractivity contribution is 7.15. The van der Waals surface area contributed by atoms with Gasteiger partial charge in [-0.1, -0.05) is 18.2 Å². The molecule has 3 aromatic rings. The largest absolute Gasteiger partial charge is 0.481 e. The molecule has 0 aliphatic heterocycles. The molecule has 0 aliphatic carbocycles. The Morgan fingerprint density at radius 3 is 2.64 bits per heavy atom. The zero-order valence-corrected chi connectivity index (χ0v) is 16.8. The van der Waals surface area contributed by atoms with Crippen molar-refractivity contribution in [2.24, 2.45) is 0 Å². The minimum Gasteiger partial charge on any atom is -0.481 e. The maximum atomic E-state index is 12.2. The Balaban J connectivity index is 1.60. The second-order valence-electron chi connectivity index (χ2n) is 6.29. The highest BCUT2D eigenvalue weighted by atomic mass is 32.1. The van der Waals surface area contributed by atoms with Crippen molar-refractivity contribution < 1.29 is 9.53 Å². The quantitative estimate of drug-likeness (QED) is 0.661. The zero-order chi connectivity index (χ0) is 20.1. The molecule has 28 heavy (non-hydrogen) atoms. The van der Waals surface area contributed by atoms with E-state index in [2.05, 4.69) is 15.4 Å². The van der Waals surface area contributed by atoms with E-state index in [1.165, 1.54) is 10.7 Å². The molecular formula is C20H22N4O3S. The van der Waals surface area contributed by atoms with Gasteiger partial charge in [-0.25, -0.2) is 9.67 Å². The van der Waals surface area contributed by atoms with Crippen molar-refractivity contribution in [2.45, 2.75) is 33.4 Å². The van der Waals surface area contributed by atoms with Gasteiger partial charge in [-0.05, 0) is 39.0 Å². The van der Waals surface area contributed by atoms with E-state index in [1.807, 2.05) is 32.0 Å². The molecular weight excluding hydrogens is 376 g/mol. The summed E-state index contributed by atoms with van der Waals surface area (Å²) in [5.41, 5.74) is 1.38. The molecule has 0 saturated heterocycles. The number of ether oxygens (including phenoxy) is 1. The summed E-state index contributed by atoms with van der Waals surface area (Å²) in [6.07, 6.45) is -0.638. The lowest BCUT2D eigenvalue weighted by Gasteiger charge is -2.15. The van der Waals surface area contributed by atoms with Gasteiger partial charge in [0.1, 0.15) is 11.4 Å². The topological polar surface area (TPSA) is 86.1 Å². The Morgan fingerprint density at radius 1 is 1.21 bits per heavy atom. The first kappa shape index (κ1) is 19.8. The lowest BCUT2D eigenvalue weighted by Crippen LogP contribution is -2.39. The number of hydrogen-bond acceptors (Lipinski definition) is 6. The van der Waals surface area contributed by atoms with Gasteiger partial charge in [0.05, 0.1) is 22.1 Å². The molecule has 2 heterocycles. The van der Waals surface area contributed by atoms with E-state index in [0.29, 0.717) is 11.4 Å². The van der Waals surface area contributed by atoms with Gasteiger partial charge in [0, 0.05) is 12.6 Å². The van der Waals surface area contributed by atoms with Gasteiger partial charge in [-0.15, -0.1) is 11.3 Å². The van der Waals surface area contributed by atoms with Crippen LogP contribution in [0.2, 0.25) is 0 Å². The Labute approximate surface area is 167 Å². The summed E-state index contributed by atoms with van der Waals surface area (Å²) in [7, 11) is 0. The molecule has 1 unspecified atom stereocenters. The third kappa shape index (κ3) is 4.83. The molecule has 0 spiro atoms. The molecule has 7 nitrogen and oxygen atoms in total. The van der Waals surface area contributed by atoms with Crippen LogP contribution in [0.3, 0.4) is 0 Å². The molecule has 146 valence electrons. The van der Waals surface area contributed by atoms with Gasteiger partial charge in [0.2, 0.25) is 0 Å². The van der Waals surface area contributed by atoms with Gasteiger partial charge < -0.3 is 10.1 Å². The average Bonchev–Trinajstić information content (AvgIpc) is 3.02. The van der Waals surface area contributed by atoms with E-state index in [1.54, 1.807) is 36.5 Å². The van der Waals surface area contributed by atoms with Crippen molar-refractivity contribution >= 4 is 17.2 Å². The summed E-state index contributed by atoms with van der Waals surface area (Å²) in [5, 5.41) is 8.15.